The van der Waals surface area contributed by atoms with Crippen LogP contribution >= 0.6 is 0 Å². The molecule has 0 saturated carbocycles. The van der Waals surface area contributed by atoms with Crippen molar-refractivity contribution in [3.05, 3.63) is 70.8 Å². The van der Waals surface area contributed by atoms with Gasteiger partial charge in [0.2, 0.25) is 0 Å². The van der Waals surface area contributed by atoms with E-state index in [1.807, 2.05) is 0 Å². The highest BCUT2D eigenvalue weighted by atomic mass is 19.3. The fourth-order valence-electron chi connectivity index (χ4n) is 2.25. The summed E-state index contributed by atoms with van der Waals surface area (Å²) < 4.78 is 30.7. The fraction of sp³-hybridized carbons (Fsp3) is 0.125. The van der Waals surface area contributed by atoms with Crippen molar-refractivity contribution in [3.8, 4) is 5.75 Å². The minimum Gasteiger partial charge on any atom is -0.434 e. The summed E-state index contributed by atoms with van der Waals surface area (Å²) in [6.07, 6.45) is 1.41. The van der Waals surface area contributed by atoms with Crippen molar-refractivity contribution in [3.63, 3.8) is 0 Å². The smallest absolute Gasteiger partial charge is 0.387 e. The summed E-state index contributed by atoms with van der Waals surface area (Å²) in [5, 5.41) is 0.484. The monoisotopic (exact) mass is 302 g/mol. The highest BCUT2D eigenvalue weighted by Crippen LogP contribution is 2.21. The van der Waals surface area contributed by atoms with Gasteiger partial charge in [-0.2, -0.15) is 8.78 Å². The molecule has 2 aromatic carbocycles. The number of para-hydroxylation sites is 2. The van der Waals surface area contributed by atoms with E-state index in [1.54, 1.807) is 42.5 Å². The second-order valence-electron chi connectivity index (χ2n) is 4.68. The Morgan fingerprint density at radius 3 is 2.64 bits per heavy atom. The zero-order valence-electron chi connectivity index (χ0n) is 11.4. The van der Waals surface area contributed by atoms with Gasteiger partial charge in [-0.3, -0.25) is 9.36 Å². The Kier molecular flexibility index (Phi) is 3.82. The number of ether oxygens (including phenoxy) is 1. The average molecular weight is 302 g/mol. The Balaban J connectivity index is 2.01. The van der Waals surface area contributed by atoms with Gasteiger partial charge in [0.25, 0.3) is 5.56 Å². The standard InChI is InChI=1S/C16H12F2N2O2/c17-16(18)22-14-8-4-1-5-11(14)9-20-10-19-13-7-3-2-6-12(13)15(20)21/h1-8,10,16H,9H2. The molecule has 0 bridgehead atoms. The molecule has 0 fully saturated rings. The Morgan fingerprint density at radius 2 is 1.82 bits per heavy atom. The van der Waals surface area contributed by atoms with E-state index in [4.69, 9.17) is 0 Å². The minimum absolute atomic E-state index is 0.0533. The average Bonchev–Trinajstić information content (AvgIpc) is 2.51. The van der Waals surface area contributed by atoms with Gasteiger partial charge in [-0.15, -0.1) is 0 Å². The molecular formula is C16H12F2N2O2. The highest BCUT2D eigenvalue weighted by molar-refractivity contribution is 5.76. The lowest BCUT2D eigenvalue weighted by Crippen LogP contribution is -2.21. The summed E-state index contributed by atoms with van der Waals surface area (Å²) in [6, 6.07) is 13.4. The van der Waals surface area contributed by atoms with Crippen LogP contribution in [0.25, 0.3) is 10.9 Å². The van der Waals surface area contributed by atoms with Gasteiger partial charge in [0, 0.05) is 5.56 Å². The quantitative estimate of drug-likeness (QED) is 0.744. The molecule has 6 heteroatoms. The molecule has 0 aliphatic rings. The predicted octanol–water partition coefficient (Wildman–Crippen LogP) is 3.05. The van der Waals surface area contributed by atoms with Crippen molar-refractivity contribution in [2.24, 2.45) is 0 Å². The number of hydrogen-bond acceptors (Lipinski definition) is 3. The molecule has 3 rings (SSSR count). The van der Waals surface area contributed by atoms with Crippen molar-refractivity contribution in [2.45, 2.75) is 13.2 Å². The van der Waals surface area contributed by atoms with Gasteiger partial charge in [-0.1, -0.05) is 30.3 Å². The molecule has 0 amide bonds. The second kappa shape index (κ2) is 5.93. The second-order valence-corrected chi connectivity index (χ2v) is 4.68. The largest absolute Gasteiger partial charge is 0.434 e. The molecule has 3 aromatic rings. The molecule has 22 heavy (non-hydrogen) atoms. The maximum Gasteiger partial charge on any atom is 0.387 e. The third kappa shape index (κ3) is 2.81. The first-order chi connectivity index (χ1) is 10.6. The van der Waals surface area contributed by atoms with Crippen LogP contribution in [0.1, 0.15) is 5.56 Å². The first-order valence-electron chi connectivity index (χ1n) is 6.62. The summed E-state index contributed by atoms with van der Waals surface area (Å²) in [5.74, 6) is 0.0533. The molecular weight excluding hydrogens is 290 g/mol. The first kappa shape index (κ1) is 14.2. The minimum atomic E-state index is -2.91. The first-order valence-corrected chi connectivity index (χ1v) is 6.62. The van der Waals surface area contributed by atoms with Crippen LogP contribution in [0.3, 0.4) is 0 Å². The fourth-order valence-corrected chi connectivity index (χ4v) is 2.25. The molecule has 1 aromatic heterocycles. The molecule has 4 nitrogen and oxygen atoms in total. The summed E-state index contributed by atoms with van der Waals surface area (Å²) in [7, 11) is 0. The number of alkyl halides is 2. The van der Waals surface area contributed by atoms with E-state index >= 15 is 0 Å². The van der Waals surface area contributed by atoms with Crippen molar-refractivity contribution in [1.82, 2.24) is 9.55 Å². The number of benzene rings is 2. The Bertz CT molecular complexity index is 862. The normalized spacial score (nSPS) is 11.0. The van der Waals surface area contributed by atoms with Crippen molar-refractivity contribution < 1.29 is 13.5 Å². The summed E-state index contributed by atoms with van der Waals surface area (Å²) in [5.41, 5.74) is 0.861. The molecule has 0 N–H and O–H groups in total. The zero-order valence-corrected chi connectivity index (χ0v) is 11.4. The van der Waals surface area contributed by atoms with Crippen LogP contribution in [0.15, 0.2) is 59.7 Å². The van der Waals surface area contributed by atoms with E-state index in [9.17, 15) is 13.6 Å². The maximum absolute atomic E-state index is 12.4. The van der Waals surface area contributed by atoms with Gasteiger partial charge < -0.3 is 4.74 Å². The lowest BCUT2D eigenvalue weighted by atomic mass is 10.2. The van der Waals surface area contributed by atoms with E-state index in [2.05, 4.69) is 9.72 Å². The summed E-state index contributed by atoms with van der Waals surface area (Å²) in [4.78, 5) is 16.6. The van der Waals surface area contributed by atoms with E-state index in [0.29, 0.717) is 16.5 Å². The number of halogens is 2. The number of rotatable bonds is 4. The Hall–Kier alpha value is -2.76. The molecule has 112 valence electrons. The molecule has 0 aliphatic heterocycles. The third-order valence-electron chi connectivity index (χ3n) is 3.26. The van der Waals surface area contributed by atoms with Crippen LogP contribution in [0.4, 0.5) is 8.78 Å². The predicted molar refractivity (Wildman–Crippen MR) is 78.2 cm³/mol. The van der Waals surface area contributed by atoms with Gasteiger partial charge in [0.15, 0.2) is 0 Å². The van der Waals surface area contributed by atoms with Crippen LogP contribution in [-0.2, 0) is 6.54 Å². The maximum atomic E-state index is 12.4. The van der Waals surface area contributed by atoms with Gasteiger partial charge in [0.05, 0.1) is 23.8 Å². The molecule has 0 spiro atoms. The van der Waals surface area contributed by atoms with Gasteiger partial charge in [-0.25, -0.2) is 4.98 Å². The molecule has 0 unspecified atom stereocenters. The van der Waals surface area contributed by atoms with E-state index in [-0.39, 0.29) is 17.9 Å². The van der Waals surface area contributed by atoms with Gasteiger partial charge in [-0.05, 0) is 18.2 Å². The van der Waals surface area contributed by atoms with E-state index in [0.717, 1.165) is 0 Å². The van der Waals surface area contributed by atoms with Crippen LogP contribution < -0.4 is 10.3 Å². The van der Waals surface area contributed by atoms with Gasteiger partial charge in [0.1, 0.15) is 5.75 Å². The lowest BCUT2D eigenvalue weighted by molar-refractivity contribution is -0.0504. The topological polar surface area (TPSA) is 44.1 Å². The van der Waals surface area contributed by atoms with Crippen LogP contribution in [0, 0.1) is 0 Å². The number of aromatic nitrogens is 2. The van der Waals surface area contributed by atoms with Crippen LogP contribution in [0.2, 0.25) is 0 Å². The summed E-state index contributed by atoms with van der Waals surface area (Å²) in [6.45, 7) is -2.80. The Morgan fingerprint density at radius 1 is 1.09 bits per heavy atom. The number of fused-ring (bicyclic) bond motifs is 1. The number of nitrogens with zero attached hydrogens (tertiary/aromatic N) is 2. The molecule has 0 radical (unpaired) electrons. The third-order valence-corrected chi connectivity index (χ3v) is 3.26. The molecule has 0 saturated heterocycles. The Labute approximate surface area is 124 Å². The zero-order chi connectivity index (χ0) is 15.5. The molecule has 1 heterocycles. The van der Waals surface area contributed by atoms with Crippen molar-refractivity contribution >= 4 is 10.9 Å². The van der Waals surface area contributed by atoms with E-state index in [1.165, 1.54) is 17.0 Å². The molecule has 0 atom stereocenters. The lowest BCUT2D eigenvalue weighted by Gasteiger charge is -2.12. The summed E-state index contributed by atoms with van der Waals surface area (Å²) >= 11 is 0. The molecule has 0 aliphatic carbocycles. The van der Waals surface area contributed by atoms with Crippen LogP contribution in [0.5, 0.6) is 5.75 Å². The van der Waals surface area contributed by atoms with Gasteiger partial charge >= 0.3 is 6.61 Å². The van der Waals surface area contributed by atoms with Crippen molar-refractivity contribution in [1.29, 1.82) is 0 Å². The SMILES string of the molecule is O=c1c2ccccc2ncn1Cc1ccccc1OC(F)F. The van der Waals surface area contributed by atoms with E-state index < -0.39 is 6.61 Å². The number of hydrogen-bond donors (Lipinski definition) is 0. The highest BCUT2D eigenvalue weighted by Gasteiger charge is 2.11. The van der Waals surface area contributed by atoms with Crippen molar-refractivity contribution in [2.75, 3.05) is 0 Å². The van der Waals surface area contributed by atoms with Crippen LogP contribution in [-0.4, -0.2) is 16.2 Å².